The number of ether oxygens (including phenoxy) is 1. The molecule has 32 heavy (non-hydrogen) atoms. The number of rotatable bonds is 5. The number of amides is 2. The number of Topliss-reactive ketones (excluding diaryl/α,β-unsaturated/α-hetero) is 1. The first kappa shape index (κ1) is 23.0. The standard InChI is InChI=1S/C20H16F4N4O4/c1-27-8-12(17(30)26-13-3-4-14(21)11(5-13)7-25)6-15(27)16(29)18(31)28(2)19(9-32-10-19)20(22,23)24/h3-6,8H,9-10H2,1-2H3,(H,26,30). The summed E-state index contributed by atoms with van der Waals surface area (Å²) >= 11 is 0. The van der Waals surface area contributed by atoms with Crippen LogP contribution < -0.4 is 5.32 Å². The van der Waals surface area contributed by atoms with Gasteiger partial charge < -0.3 is 19.5 Å². The second-order valence-corrected chi connectivity index (χ2v) is 7.20. The molecule has 0 saturated carbocycles. The Balaban J connectivity index is 1.80. The number of hydrogen-bond acceptors (Lipinski definition) is 5. The number of aromatic nitrogens is 1. The molecule has 2 aromatic rings. The lowest BCUT2D eigenvalue weighted by Crippen LogP contribution is -2.71. The van der Waals surface area contributed by atoms with E-state index in [1.54, 1.807) is 6.07 Å². The molecule has 0 atom stereocenters. The molecule has 2 heterocycles. The fourth-order valence-corrected chi connectivity index (χ4v) is 3.11. The van der Waals surface area contributed by atoms with Crippen LogP contribution in [0, 0.1) is 17.1 Å². The van der Waals surface area contributed by atoms with Crippen LogP contribution in [0.15, 0.2) is 30.5 Å². The maximum atomic E-state index is 13.4. The topological polar surface area (TPSA) is 104 Å². The molecule has 2 amide bonds. The third-order valence-corrected chi connectivity index (χ3v) is 5.19. The van der Waals surface area contributed by atoms with Gasteiger partial charge >= 0.3 is 6.18 Å². The van der Waals surface area contributed by atoms with Crippen LogP contribution in [0.2, 0.25) is 0 Å². The third kappa shape index (κ3) is 3.82. The second-order valence-electron chi connectivity index (χ2n) is 7.20. The maximum Gasteiger partial charge on any atom is 0.416 e. The normalized spacial score (nSPS) is 14.8. The maximum absolute atomic E-state index is 13.4. The predicted octanol–water partition coefficient (Wildman–Crippen LogP) is 2.26. The molecule has 1 aromatic heterocycles. The Morgan fingerprint density at radius 1 is 1.25 bits per heavy atom. The molecule has 1 aliphatic rings. The number of aryl methyl sites for hydroxylation is 1. The number of carbonyl (C=O) groups is 3. The van der Waals surface area contributed by atoms with E-state index in [0.29, 0.717) is 4.90 Å². The number of halogens is 4. The Morgan fingerprint density at radius 3 is 2.44 bits per heavy atom. The number of likely N-dealkylation sites (N-methyl/N-ethyl adjacent to an activating group) is 1. The smallest absolute Gasteiger partial charge is 0.376 e. The second kappa shape index (κ2) is 8.08. The van der Waals surface area contributed by atoms with Crippen LogP contribution in [0.1, 0.15) is 26.4 Å². The summed E-state index contributed by atoms with van der Waals surface area (Å²) in [6, 6.07) is 6.00. The van der Waals surface area contributed by atoms with Crippen molar-refractivity contribution in [2.75, 3.05) is 25.6 Å². The van der Waals surface area contributed by atoms with E-state index >= 15 is 0 Å². The van der Waals surface area contributed by atoms with Crippen LogP contribution in [0.3, 0.4) is 0 Å². The van der Waals surface area contributed by atoms with E-state index in [1.165, 1.54) is 19.3 Å². The number of alkyl halides is 3. The van der Waals surface area contributed by atoms with Crippen molar-refractivity contribution in [2.45, 2.75) is 11.7 Å². The van der Waals surface area contributed by atoms with E-state index in [2.05, 4.69) is 10.1 Å². The lowest BCUT2D eigenvalue weighted by Gasteiger charge is -2.48. The number of carbonyl (C=O) groups excluding carboxylic acids is 3. The molecular formula is C20H16F4N4O4. The van der Waals surface area contributed by atoms with Gasteiger partial charge in [-0.1, -0.05) is 0 Å². The number of nitrogens with one attached hydrogen (secondary N) is 1. The van der Waals surface area contributed by atoms with Gasteiger partial charge in [0.05, 0.1) is 30.0 Å². The molecule has 168 valence electrons. The van der Waals surface area contributed by atoms with Crippen LogP contribution in [0.25, 0.3) is 0 Å². The van der Waals surface area contributed by atoms with E-state index in [9.17, 15) is 31.9 Å². The SMILES string of the molecule is CN(C(=O)C(=O)c1cc(C(=O)Nc2ccc(F)c(C#N)c2)cn1C)C1(C(F)(F)F)COC1. The highest BCUT2D eigenvalue weighted by Crippen LogP contribution is 2.40. The van der Waals surface area contributed by atoms with Gasteiger partial charge in [0.25, 0.3) is 17.6 Å². The summed E-state index contributed by atoms with van der Waals surface area (Å²) in [5, 5.41) is 11.3. The minimum Gasteiger partial charge on any atom is -0.376 e. The third-order valence-electron chi connectivity index (χ3n) is 5.19. The van der Waals surface area contributed by atoms with Crippen molar-refractivity contribution in [1.29, 1.82) is 5.26 Å². The first-order chi connectivity index (χ1) is 14.9. The molecule has 1 fully saturated rings. The Morgan fingerprint density at radius 2 is 1.91 bits per heavy atom. The number of benzene rings is 1. The molecule has 1 aliphatic heterocycles. The number of ketones is 1. The Kier molecular flexibility index (Phi) is 5.80. The molecule has 0 unspecified atom stereocenters. The number of hydrogen-bond donors (Lipinski definition) is 1. The summed E-state index contributed by atoms with van der Waals surface area (Å²) in [5.41, 5.74) is -3.16. The van der Waals surface area contributed by atoms with Crippen molar-refractivity contribution < 1.29 is 36.7 Å². The van der Waals surface area contributed by atoms with Crippen molar-refractivity contribution in [3.05, 3.63) is 53.1 Å². The van der Waals surface area contributed by atoms with Crippen molar-refractivity contribution in [3.8, 4) is 6.07 Å². The zero-order valence-electron chi connectivity index (χ0n) is 16.8. The first-order valence-electron chi connectivity index (χ1n) is 9.05. The molecule has 12 heteroatoms. The average molecular weight is 452 g/mol. The van der Waals surface area contributed by atoms with Crippen LogP contribution in [-0.4, -0.2) is 59.0 Å². The number of anilines is 1. The summed E-state index contributed by atoms with van der Waals surface area (Å²) in [4.78, 5) is 37.9. The van der Waals surface area contributed by atoms with E-state index in [1.807, 2.05) is 0 Å². The molecule has 8 nitrogen and oxygen atoms in total. The van der Waals surface area contributed by atoms with Crippen molar-refractivity contribution in [1.82, 2.24) is 9.47 Å². The highest BCUT2D eigenvalue weighted by atomic mass is 19.4. The van der Waals surface area contributed by atoms with Crippen LogP contribution in [0.4, 0.5) is 23.2 Å². The fraction of sp³-hybridized carbons (Fsp3) is 0.300. The van der Waals surface area contributed by atoms with Gasteiger partial charge in [-0.2, -0.15) is 18.4 Å². The molecule has 3 rings (SSSR count). The molecule has 0 bridgehead atoms. The van der Waals surface area contributed by atoms with Gasteiger partial charge in [-0.25, -0.2) is 4.39 Å². The first-order valence-corrected chi connectivity index (χ1v) is 9.05. The van der Waals surface area contributed by atoms with Gasteiger partial charge in [-0.3, -0.25) is 14.4 Å². The molecule has 0 radical (unpaired) electrons. The lowest BCUT2D eigenvalue weighted by molar-refractivity contribution is -0.296. The summed E-state index contributed by atoms with van der Waals surface area (Å²) in [6.45, 7) is -1.57. The van der Waals surface area contributed by atoms with Crippen molar-refractivity contribution >= 4 is 23.3 Å². The zero-order chi connectivity index (χ0) is 23.8. The lowest BCUT2D eigenvalue weighted by atomic mass is 9.94. The van der Waals surface area contributed by atoms with Gasteiger partial charge in [0.2, 0.25) is 0 Å². The van der Waals surface area contributed by atoms with Crippen LogP contribution in [0.5, 0.6) is 0 Å². The quantitative estimate of drug-likeness (QED) is 0.426. The minimum absolute atomic E-state index is 0.0772. The summed E-state index contributed by atoms with van der Waals surface area (Å²) < 4.78 is 59.4. The van der Waals surface area contributed by atoms with Gasteiger partial charge in [-0.05, 0) is 24.3 Å². The molecule has 1 N–H and O–H groups in total. The average Bonchev–Trinajstić information content (AvgIpc) is 3.07. The monoisotopic (exact) mass is 452 g/mol. The van der Waals surface area contributed by atoms with Crippen LogP contribution >= 0.6 is 0 Å². The number of nitrogens with zero attached hydrogens (tertiary/aromatic N) is 3. The van der Waals surface area contributed by atoms with E-state index in [-0.39, 0.29) is 22.5 Å². The van der Waals surface area contributed by atoms with Gasteiger partial charge in [0.15, 0.2) is 5.54 Å². The summed E-state index contributed by atoms with van der Waals surface area (Å²) in [5.74, 6) is -4.15. The highest BCUT2D eigenvalue weighted by molar-refractivity contribution is 6.42. The predicted molar refractivity (Wildman–Crippen MR) is 101 cm³/mol. The fourth-order valence-electron chi connectivity index (χ4n) is 3.11. The summed E-state index contributed by atoms with van der Waals surface area (Å²) in [7, 11) is 2.21. The van der Waals surface area contributed by atoms with Gasteiger partial charge in [0, 0.05) is 26.0 Å². The largest absolute Gasteiger partial charge is 0.416 e. The van der Waals surface area contributed by atoms with Gasteiger partial charge in [-0.15, -0.1) is 0 Å². The zero-order valence-corrected chi connectivity index (χ0v) is 16.8. The molecule has 0 aliphatic carbocycles. The van der Waals surface area contributed by atoms with E-state index in [0.717, 1.165) is 29.8 Å². The van der Waals surface area contributed by atoms with Crippen molar-refractivity contribution in [3.63, 3.8) is 0 Å². The summed E-state index contributed by atoms with van der Waals surface area (Å²) in [6.07, 6.45) is -3.59. The Hall–Kier alpha value is -3.72. The molecular weight excluding hydrogens is 436 g/mol. The Bertz CT molecular complexity index is 1150. The molecule has 1 aromatic carbocycles. The highest BCUT2D eigenvalue weighted by Gasteiger charge is 2.64. The van der Waals surface area contributed by atoms with Crippen LogP contribution in [-0.2, 0) is 16.6 Å². The molecule has 1 saturated heterocycles. The Labute approximate surface area is 179 Å². The minimum atomic E-state index is -4.80. The molecule has 0 spiro atoms. The van der Waals surface area contributed by atoms with Crippen molar-refractivity contribution in [2.24, 2.45) is 7.05 Å². The van der Waals surface area contributed by atoms with Gasteiger partial charge in [0.1, 0.15) is 11.9 Å². The van der Waals surface area contributed by atoms with E-state index < -0.39 is 48.3 Å². The number of nitriles is 1. The van der Waals surface area contributed by atoms with E-state index in [4.69, 9.17) is 5.26 Å².